The van der Waals surface area contributed by atoms with E-state index in [-0.39, 0.29) is 0 Å². The van der Waals surface area contributed by atoms with Crippen LogP contribution in [0.3, 0.4) is 0 Å². The summed E-state index contributed by atoms with van der Waals surface area (Å²) in [7, 11) is 0. The maximum Gasteiger partial charge on any atom is 0.0108 e. The van der Waals surface area contributed by atoms with E-state index >= 15 is 0 Å². The lowest BCUT2D eigenvalue weighted by molar-refractivity contribution is 0.563. The van der Waals surface area contributed by atoms with Crippen molar-refractivity contribution in [2.75, 3.05) is 0 Å². The Hall–Kier alpha value is -0.560. The topological polar surface area (TPSA) is 26.0 Å². The standard InChI is InChI=1S/C10H15N/c1-2-3-7-4-9-5-8(7)6-10(9)11/h2,4,8-10H,1,3,5-6,11H2. The van der Waals surface area contributed by atoms with E-state index in [0.29, 0.717) is 12.0 Å². The molecule has 0 spiro atoms. The monoisotopic (exact) mass is 149 g/mol. The smallest absolute Gasteiger partial charge is 0.0108 e. The molecule has 0 aliphatic heterocycles. The Morgan fingerprint density at radius 1 is 1.64 bits per heavy atom. The van der Waals surface area contributed by atoms with E-state index in [1.54, 1.807) is 5.57 Å². The van der Waals surface area contributed by atoms with E-state index in [9.17, 15) is 0 Å². The van der Waals surface area contributed by atoms with E-state index in [1.807, 2.05) is 6.08 Å². The zero-order chi connectivity index (χ0) is 7.84. The molecule has 3 unspecified atom stereocenters. The van der Waals surface area contributed by atoms with Crippen LogP contribution in [0.2, 0.25) is 0 Å². The molecule has 0 aromatic rings. The molecule has 1 saturated carbocycles. The van der Waals surface area contributed by atoms with Gasteiger partial charge in [0.2, 0.25) is 0 Å². The molecule has 0 heterocycles. The summed E-state index contributed by atoms with van der Waals surface area (Å²) in [6, 6.07) is 0.452. The second kappa shape index (κ2) is 2.49. The molecule has 0 saturated heterocycles. The van der Waals surface area contributed by atoms with Crippen molar-refractivity contribution in [2.24, 2.45) is 17.6 Å². The minimum atomic E-state index is 0.452. The largest absolute Gasteiger partial charge is 0.327 e. The maximum atomic E-state index is 5.91. The van der Waals surface area contributed by atoms with Gasteiger partial charge in [0.1, 0.15) is 0 Å². The highest BCUT2D eigenvalue weighted by Crippen LogP contribution is 2.44. The fraction of sp³-hybridized carbons (Fsp3) is 0.600. The van der Waals surface area contributed by atoms with Crippen LogP contribution in [0, 0.1) is 11.8 Å². The molecule has 1 fully saturated rings. The lowest BCUT2D eigenvalue weighted by Gasteiger charge is -2.16. The molecule has 2 rings (SSSR count). The van der Waals surface area contributed by atoms with Crippen molar-refractivity contribution in [2.45, 2.75) is 25.3 Å². The summed E-state index contributed by atoms with van der Waals surface area (Å²) in [5.74, 6) is 1.49. The molecule has 3 atom stereocenters. The van der Waals surface area contributed by atoms with Crippen LogP contribution in [0.4, 0.5) is 0 Å². The summed E-state index contributed by atoms with van der Waals surface area (Å²) >= 11 is 0. The summed E-state index contributed by atoms with van der Waals surface area (Å²) in [5, 5.41) is 0. The van der Waals surface area contributed by atoms with Gasteiger partial charge >= 0.3 is 0 Å². The normalized spacial score (nSPS) is 40.8. The van der Waals surface area contributed by atoms with Crippen LogP contribution in [0.5, 0.6) is 0 Å². The van der Waals surface area contributed by atoms with Gasteiger partial charge in [0.15, 0.2) is 0 Å². The van der Waals surface area contributed by atoms with Crippen LogP contribution in [0.25, 0.3) is 0 Å². The summed E-state index contributed by atoms with van der Waals surface area (Å²) in [6.07, 6.45) is 7.97. The van der Waals surface area contributed by atoms with Gasteiger partial charge in [-0.05, 0) is 31.1 Å². The fourth-order valence-electron chi connectivity index (χ4n) is 2.41. The van der Waals surface area contributed by atoms with Crippen molar-refractivity contribution in [3.63, 3.8) is 0 Å². The van der Waals surface area contributed by atoms with Crippen molar-refractivity contribution in [3.8, 4) is 0 Å². The minimum Gasteiger partial charge on any atom is -0.327 e. The molecule has 0 radical (unpaired) electrons. The molecule has 0 amide bonds. The zero-order valence-corrected chi connectivity index (χ0v) is 6.79. The molecule has 2 N–H and O–H groups in total. The molecule has 0 aromatic heterocycles. The molecule has 2 aliphatic carbocycles. The number of allylic oxidation sites excluding steroid dienone is 2. The van der Waals surface area contributed by atoms with Crippen molar-refractivity contribution >= 4 is 0 Å². The third-order valence-corrected chi connectivity index (χ3v) is 3.00. The highest BCUT2D eigenvalue weighted by molar-refractivity contribution is 5.24. The van der Waals surface area contributed by atoms with Gasteiger partial charge in [0.05, 0.1) is 0 Å². The molecule has 1 nitrogen and oxygen atoms in total. The Balaban J connectivity index is 2.11. The van der Waals surface area contributed by atoms with Crippen molar-refractivity contribution in [1.82, 2.24) is 0 Å². The van der Waals surface area contributed by atoms with Gasteiger partial charge in [-0.1, -0.05) is 17.7 Å². The SMILES string of the molecule is C=CCC1=CC2CC1CC2N. The molecule has 1 heteroatoms. The molecular formula is C10H15N. The summed E-state index contributed by atoms with van der Waals surface area (Å²) in [6.45, 7) is 3.75. The molecule has 2 aliphatic rings. The molecule has 0 aromatic carbocycles. The number of fused-ring (bicyclic) bond motifs is 2. The second-order valence-electron chi connectivity index (χ2n) is 3.73. The van der Waals surface area contributed by atoms with Crippen LogP contribution in [-0.2, 0) is 0 Å². The Labute approximate surface area is 68.0 Å². The number of hydrogen-bond acceptors (Lipinski definition) is 1. The van der Waals surface area contributed by atoms with Crippen LogP contribution < -0.4 is 5.73 Å². The van der Waals surface area contributed by atoms with Gasteiger partial charge in [-0.15, -0.1) is 6.58 Å². The fourth-order valence-corrected chi connectivity index (χ4v) is 2.41. The predicted octanol–water partition coefficient (Wildman–Crippen LogP) is 1.86. The molecule has 60 valence electrons. The van der Waals surface area contributed by atoms with Gasteiger partial charge in [0.25, 0.3) is 0 Å². The quantitative estimate of drug-likeness (QED) is 0.596. The summed E-state index contributed by atoms with van der Waals surface area (Å²) < 4.78 is 0. The maximum absolute atomic E-state index is 5.91. The van der Waals surface area contributed by atoms with Gasteiger partial charge in [0, 0.05) is 6.04 Å². The van der Waals surface area contributed by atoms with E-state index in [2.05, 4.69) is 12.7 Å². The van der Waals surface area contributed by atoms with E-state index in [1.165, 1.54) is 12.8 Å². The first-order valence-corrected chi connectivity index (χ1v) is 4.38. The van der Waals surface area contributed by atoms with Crippen molar-refractivity contribution < 1.29 is 0 Å². The molecular weight excluding hydrogens is 134 g/mol. The number of hydrogen-bond donors (Lipinski definition) is 1. The first-order chi connectivity index (χ1) is 5.31. The van der Waals surface area contributed by atoms with Gasteiger partial charge in [-0.2, -0.15) is 0 Å². The average molecular weight is 149 g/mol. The van der Waals surface area contributed by atoms with E-state index in [0.717, 1.165) is 12.3 Å². The highest BCUT2D eigenvalue weighted by atomic mass is 14.7. The Bertz CT molecular complexity index is 205. The van der Waals surface area contributed by atoms with Crippen LogP contribution in [0.1, 0.15) is 19.3 Å². The van der Waals surface area contributed by atoms with Crippen LogP contribution in [0.15, 0.2) is 24.3 Å². The predicted molar refractivity (Wildman–Crippen MR) is 47.1 cm³/mol. The lowest BCUT2D eigenvalue weighted by Crippen LogP contribution is -2.25. The van der Waals surface area contributed by atoms with Crippen LogP contribution in [-0.4, -0.2) is 6.04 Å². The summed E-state index contributed by atoms with van der Waals surface area (Å²) in [5.41, 5.74) is 7.50. The first-order valence-electron chi connectivity index (χ1n) is 4.38. The van der Waals surface area contributed by atoms with Crippen molar-refractivity contribution in [3.05, 3.63) is 24.3 Å². The van der Waals surface area contributed by atoms with Crippen molar-refractivity contribution in [1.29, 1.82) is 0 Å². The lowest BCUT2D eigenvalue weighted by atomic mass is 9.94. The van der Waals surface area contributed by atoms with Gasteiger partial charge in [-0.3, -0.25) is 0 Å². The van der Waals surface area contributed by atoms with E-state index in [4.69, 9.17) is 5.73 Å². The summed E-state index contributed by atoms with van der Waals surface area (Å²) in [4.78, 5) is 0. The Morgan fingerprint density at radius 3 is 2.91 bits per heavy atom. The number of nitrogens with two attached hydrogens (primary N) is 1. The highest BCUT2D eigenvalue weighted by Gasteiger charge is 2.37. The molecule has 11 heavy (non-hydrogen) atoms. The van der Waals surface area contributed by atoms with Gasteiger partial charge in [-0.25, -0.2) is 0 Å². The molecule has 2 bridgehead atoms. The Morgan fingerprint density at radius 2 is 2.45 bits per heavy atom. The Kier molecular flexibility index (Phi) is 1.61. The average Bonchev–Trinajstić information content (AvgIpc) is 2.47. The van der Waals surface area contributed by atoms with E-state index < -0.39 is 0 Å². The first kappa shape index (κ1) is 7.11. The second-order valence-corrected chi connectivity index (χ2v) is 3.73. The van der Waals surface area contributed by atoms with Crippen LogP contribution >= 0.6 is 0 Å². The van der Waals surface area contributed by atoms with Gasteiger partial charge < -0.3 is 5.73 Å². The third kappa shape index (κ3) is 1.04. The number of rotatable bonds is 2. The third-order valence-electron chi connectivity index (χ3n) is 3.00. The zero-order valence-electron chi connectivity index (χ0n) is 6.79. The minimum absolute atomic E-state index is 0.452.